The van der Waals surface area contributed by atoms with Crippen LogP contribution in [0.2, 0.25) is 0 Å². The van der Waals surface area contributed by atoms with E-state index in [1.807, 2.05) is 27.1 Å². The van der Waals surface area contributed by atoms with Gasteiger partial charge in [-0.1, -0.05) is 0 Å². The maximum Gasteiger partial charge on any atom is 0.328 e. The van der Waals surface area contributed by atoms with Gasteiger partial charge in [-0.2, -0.15) is 5.10 Å². The van der Waals surface area contributed by atoms with Crippen LogP contribution in [0.15, 0.2) is 12.4 Å². The zero-order valence-corrected chi connectivity index (χ0v) is 17.5. The third kappa shape index (κ3) is 3.04. The van der Waals surface area contributed by atoms with E-state index in [0.29, 0.717) is 42.1 Å². The summed E-state index contributed by atoms with van der Waals surface area (Å²) in [6.07, 6.45) is 4.32. The van der Waals surface area contributed by atoms with Crippen molar-refractivity contribution in [2.24, 2.45) is 7.05 Å². The minimum Gasteiger partial charge on any atom is -0.335 e. The van der Waals surface area contributed by atoms with E-state index in [-0.39, 0.29) is 18.4 Å². The van der Waals surface area contributed by atoms with E-state index in [0.717, 1.165) is 16.8 Å². The number of anilines is 1. The number of rotatable bonds is 2. The molecule has 0 bridgehead atoms. The van der Waals surface area contributed by atoms with Crippen LogP contribution in [0.25, 0.3) is 22.6 Å². The Morgan fingerprint density at radius 2 is 2.03 bits per heavy atom. The number of aromatic nitrogens is 5. The zero-order chi connectivity index (χ0) is 21.9. The number of imide groups is 1. The lowest BCUT2D eigenvalue weighted by atomic mass is 10.1. The molecule has 3 aromatic rings. The number of pyridine rings is 1. The van der Waals surface area contributed by atoms with Gasteiger partial charge in [-0.05, 0) is 25.8 Å². The Balaban J connectivity index is 1.47. The molecular weight excluding hydrogens is 400 g/mol. The van der Waals surface area contributed by atoms with Gasteiger partial charge in [0.25, 0.3) is 5.91 Å². The number of aryl methyl sites for hydroxylation is 2. The number of urea groups is 1. The lowest BCUT2D eigenvalue weighted by Crippen LogP contribution is -2.58. The van der Waals surface area contributed by atoms with Crippen LogP contribution in [-0.2, 0) is 16.6 Å². The Kier molecular flexibility index (Phi) is 4.27. The van der Waals surface area contributed by atoms with Crippen LogP contribution in [-0.4, -0.2) is 71.5 Å². The Morgan fingerprint density at radius 3 is 2.77 bits per heavy atom. The highest BCUT2D eigenvalue weighted by Gasteiger charge is 2.43. The fourth-order valence-electron chi connectivity index (χ4n) is 4.21. The summed E-state index contributed by atoms with van der Waals surface area (Å²) < 4.78 is 1.67. The quantitative estimate of drug-likeness (QED) is 0.641. The molecule has 11 nitrogen and oxygen atoms in total. The van der Waals surface area contributed by atoms with Crippen molar-refractivity contribution in [3.63, 3.8) is 0 Å². The molecule has 0 aromatic carbocycles. The molecule has 3 aromatic heterocycles. The second-order valence-corrected chi connectivity index (χ2v) is 7.95. The van der Waals surface area contributed by atoms with Crippen LogP contribution in [0.5, 0.6) is 0 Å². The predicted octanol–water partition coefficient (Wildman–Crippen LogP) is 1.34. The first-order valence-electron chi connectivity index (χ1n) is 10.1. The van der Waals surface area contributed by atoms with Gasteiger partial charge in [0.2, 0.25) is 5.91 Å². The van der Waals surface area contributed by atoms with Crippen molar-refractivity contribution in [3.8, 4) is 11.4 Å². The summed E-state index contributed by atoms with van der Waals surface area (Å²) in [6, 6.07) is -1.06. The number of fused-ring (bicyclic) bond motifs is 2. The van der Waals surface area contributed by atoms with Gasteiger partial charge >= 0.3 is 6.03 Å². The number of imidazole rings is 1. The molecule has 5 heterocycles. The maximum atomic E-state index is 13.1. The third-order valence-electron chi connectivity index (χ3n) is 6.03. The Morgan fingerprint density at radius 1 is 1.23 bits per heavy atom. The lowest BCUT2D eigenvalue weighted by Gasteiger charge is -2.35. The van der Waals surface area contributed by atoms with Crippen LogP contribution in [0.3, 0.4) is 0 Å². The van der Waals surface area contributed by atoms with Crippen LogP contribution < -0.4 is 5.32 Å². The first kappa shape index (κ1) is 19.2. The zero-order valence-electron chi connectivity index (χ0n) is 17.5. The molecule has 2 N–H and O–H groups in total. The maximum absolute atomic E-state index is 13.1. The fraction of sp³-hybridized carbons (Fsp3) is 0.400. The normalized spacial score (nSPS) is 18.7. The molecule has 5 rings (SSSR count). The number of carbonyl (C=O) groups is 3. The molecule has 0 radical (unpaired) electrons. The average Bonchev–Trinajstić information content (AvgIpc) is 3.44. The van der Waals surface area contributed by atoms with Gasteiger partial charge < -0.3 is 15.2 Å². The van der Waals surface area contributed by atoms with E-state index in [9.17, 15) is 14.4 Å². The molecule has 1 atom stereocenters. The molecule has 0 aliphatic carbocycles. The van der Waals surface area contributed by atoms with Crippen LogP contribution in [0, 0.1) is 13.8 Å². The predicted molar refractivity (Wildman–Crippen MR) is 111 cm³/mol. The van der Waals surface area contributed by atoms with Gasteiger partial charge in [-0.15, -0.1) is 0 Å². The van der Waals surface area contributed by atoms with Crippen LogP contribution in [0.1, 0.15) is 24.1 Å². The second-order valence-electron chi connectivity index (χ2n) is 7.95. The summed E-state index contributed by atoms with van der Waals surface area (Å²) in [6.45, 7) is 4.24. The summed E-state index contributed by atoms with van der Waals surface area (Å²) >= 11 is 0. The van der Waals surface area contributed by atoms with Gasteiger partial charge in [0.05, 0.1) is 17.4 Å². The highest BCUT2D eigenvalue weighted by molar-refractivity contribution is 6.08. The topological polar surface area (TPSA) is 129 Å². The van der Waals surface area contributed by atoms with Crippen molar-refractivity contribution < 1.29 is 14.4 Å². The number of H-pyrrole nitrogens is 1. The van der Waals surface area contributed by atoms with Crippen molar-refractivity contribution in [2.45, 2.75) is 32.7 Å². The number of amides is 4. The second kappa shape index (κ2) is 6.89. The number of hydrogen-bond donors (Lipinski definition) is 2. The van der Waals surface area contributed by atoms with Crippen molar-refractivity contribution >= 4 is 34.7 Å². The smallest absolute Gasteiger partial charge is 0.328 e. The van der Waals surface area contributed by atoms with Crippen LogP contribution >= 0.6 is 0 Å². The van der Waals surface area contributed by atoms with Gasteiger partial charge in [0, 0.05) is 38.4 Å². The van der Waals surface area contributed by atoms with E-state index in [2.05, 4.69) is 25.4 Å². The molecule has 0 spiro atoms. The standard InChI is InChI=1S/C20H22N8O3/c1-10-11(2)22-18-16(23-17(25-18)12-8-21-26(3)9-12)15(10)24-20(31)28-7-6-27-13(19(28)30)4-5-14(27)29/h8-9,13H,4-7H2,1-3H3,(H2,22,23,24,25,31). The summed E-state index contributed by atoms with van der Waals surface area (Å²) in [5.74, 6) is 0.223. The molecule has 160 valence electrons. The summed E-state index contributed by atoms with van der Waals surface area (Å²) in [7, 11) is 1.82. The van der Waals surface area contributed by atoms with E-state index < -0.39 is 12.1 Å². The number of nitrogens with one attached hydrogen (secondary N) is 2. The Hall–Kier alpha value is -3.76. The highest BCUT2D eigenvalue weighted by Crippen LogP contribution is 2.30. The van der Waals surface area contributed by atoms with E-state index in [4.69, 9.17) is 0 Å². The number of aromatic amines is 1. The van der Waals surface area contributed by atoms with E-state index >= 15 is 0 Å². The highest BCUT2D eigenvalue weighted by atomic mass is 16.2. The van der Waals surface area contributed by atoms with Crippen molar-refractivity contribution in [1.82, 2.24) is 34.5 Å². The summed E-state index contributed by atoms with van der Waals surface area (Å²) in [5.41, 5.74) is 3.89. The average molecular weight is 422 g/mol. The van der Waals surface area contributed by atoms with E-state index in [1.165, 1.54) is 4.90 Å². The molecule has 4 amide bonds. The van der Waals surface area contributed by atoms with Gasteiger partial charge in [0.1, 0.15) is 17.4 Å². The Labute approximate surface area is 177 Å². The lowest BCUT2D eigenvalue weighted by molar-refractivity contribution is -0.143. The molecular formula is C20H22N8O3. The van der Waals surface area contributed by atoms with Crippen molar-refractivity contribution in [3.05, 3.63) is 23.7 Å². The van der Waals surface area contributed by atoms with Crippen molar-refractivity contribution in [1.29, 1.82) is 0 Å². The minimum absolute atomic E-state index is 0.0267. The van der Waals surface area contributed by atoms with Gasteiger partial charge in [-0.3, -0.25) is 19.2 Å². The minimum atomic E-state index is -0.545. The fourth-order valence-corrected chi connectivity index (χ4v) is 4.21. The van der Waals surface area contributed by atoms with E-state index in [1.54, 1.807) is 15.8 Å². The Bertz CT molecular complexity index is 1240. The van der Waals surface area contributed by atoms with Gasteiger partial charge in [-0.25, -0.2) is 14.8 Å². The number of piperazine rings is 1. The summed E-state index contributed by atoms with van der Waals surface area (Å²) in [4.78, 5) is 52.8. The largest absolute Gasteiger partial charge is 0.335 e. The molecule has 0 saturated carbocycles. The molecule has 2 aliphatic heterocycles. The SMILES string of the molecule is Cc1nc2nc(-c3cnn(C)c3)[nH]c2c(NC(=O)N2CCN3C(=O)CCC3C2=O)c1C. The molecule has 2 fully saturated rings. The molecule has 1 unspecified atom stereocenters. The third-order valence-corrected chi connectivity index (χ3v) is 6.03. The number of carbonyl (C=O) groups excluding carboxylic acids is 3. The first-order chi connectivity index (χ1) is 14.8. The first-order valence-corrected chi connectivity index (χ1v) is 10.1. The number of hydrogen-bond acceptors (Lipinski definition) is 6. The molecule has 31 heavy (non-hydrogen) atoms. The molecule has 2 saturated heterocycles. The van der Waals surface area contributed by atoms with Crippen LogP contribution in [0.4, 0.5) is 10.5 Å². The van der Waals surface area contributed by atoms with Gasteiger partial charge in [0.15, 0.2) is 5.65 Å². The monoisotopic (exact) mass is 422 g/mol. The van der Waals surface area contributed by atoms with Crippen molar-refractivity contribution in [2.75, 3.05) is 18.4 Å². The summed E-state index contributed by atoms with van der Waals surface area (Å²) in [5, 5.41) is 7.05. The number of nitrogens with zero attached hydrogens (tertiary/aromatic N) is 6. The molecule has 11 heteroatoms. The molecule has 2 aliphatic rings.